The van der Waals surface area contributed by atoms with Crippen molar-refractivity contribution in [2.45, 2.75) is 32.4 Å². The van der Waals surface area contributed by atoms with Gasteiger partial charge in [-0.25, -0.2) is 4.98 Å². The van der Waals surface area contributed by atoms with Crippen molar-refractivity contribution in [3.8, 4) is 11.5 Å². The first-order valence-corrected chi connectivity index (χ1v) is 9.31. The number of likely N-dealkylation sites (tertiary alicyclic amines) is 1. The van der Waals surface area contributed by atoms with Crippen molar-refractivity contribution in [3.05, 3.63) is 41.2 Å². The van der Waals surface area contributed by atoms with E-state index in [1.165, 1.54) is 0 Å². The molecule has 0 spiro atoms. The molecule has 3 rings (SSSR count). The Hall–Kier alpha value is -1.60. The number of nitrogens with zero attached hydrogens (tertiary/aromatic N) is 3. The number of rotatable bonds is 7. The molecule has 1 fully saturated rings. The third-order valence-corrected chi connectivity index (χ3v) is 5.10. The fourth-order valence-corrected chi connectivity index (χ4v) is 3.58. The van der Waals surface area contributed by atoms with Gasteiger partial charge in [0, 0.05) is 36.3 Å². The second kappa shape index (κ2) is 10.1. The Labute approximate surface area is 170 Å². The molecular weight excluding hydrogens is 389 g/mol. The van der Waals surface area contributed by atoms with Crippen LogP contribution in [0.4, 0.5) is 0 Å². The van der Waals surface area contributed by atoms with E-state index in [0.29, 0.717) is 17.0 Å². The predicted molar refractivity (Wildman–Crippen MR) is 107 cm³/mol. The van der Waals surface area contributed by atoms with E-state index in [2.05, 4.69) is 14.8 Å². The normalized spacial score (nSPS) is 15.7. The first kappa shape index (κ1) is 21.7. The Morgan fingerprint density at radius 1 is 1.33 bits per heavy atom. The number of carbonyl (C=O) groups is 1. The van der Waals surface area contributed by atoms with Crippen molar-refractivity contribution in [2.24, 2.45) is 0 Å². The zero-order valence-corrected chi connectivity index (χ0v) is 16.9. The Balaban J connectivity index is 0.00000261. The zero-order valence-electron chi connectivity index (χ0n) is 15.3. The van der Waals surface area contributed by atoms with E-state index in [1.54, 1.807) is 6.26 Å². The second-order valence-corrected chi connectivity index (χ2v) is 7.05. The van der Waals surface area contributed by atoms with E-state index in [0.717, 1.165) is 50.3 Å². The van der Waals surface area contributed by atoms with Gasteiger partial charge in [0.2, 0.25) is 5.89 Å². The number of aromatic nitrogens is 1. The van der Waals surface area contributed by atoms with Gasteiger partial charge in [0.25, 0.3) is 0 Å². The maximum Gasteiger partial charge on any atom is 0.317 e. The SMILES string of the molecule is CCN(CC(=O)O)C1CCN(Cc2coc(-c3ccc(Cl)cc3)n2)CC1.Cl. The number of hydrogen-bond donors (Lipinski definition) is 1. The highest BCUT2D eigenvalue weighted by Crippen LogP contribution is 2.23. The van der Waals surface area contributed by atoms with Gasteiger partial charge in [-0.1, -0.05) is 18.5 Å². The topological polar surface area (TPSA) is 69.8 Å². The smallest absolute Gasteiger partial charge is 0.317 e. The van der Waals surface area contributed by atoms with Crippen molar-refractivity contribution < 1.29 is 14.3 Å². The summed E-state index contributed by atoms with van der Waals surface area (Å²) in [6, 6.07) is 7.77. The minimum absolute atomic E-state index is 0. The molecule has 1 saturated heterocycles. The molecule has 0 saturated carbocycles. The number of hydrogen-bond acceptors (Lipinski definition) is 5. The van der Waals surface area contributed by atoms with Gasteiger partial charge in [0.1, 0.15) is 6.26 Å². The lowest BCUT2D eigenvalue weighted by Gasteiger charge is -2.37. The first-order valence-electron chi connectivity index (χ1n) is 8.93. The van der Waals surface area contributed by atoms with Gasteiger partial charge in [-0.15, -0.1) is 12.4 Å². The lowest BCUT2D eigenvalue weighted by Crippen LogP contribution is -2.46. The highest BCUT2D eigenvalue weighted by atomic mass is 35.5. The second-order valence-electron chi connectivity index (χ2n) is 6.62. The molecule has 1 aliphatic rings. The number of oxazole rings is 1. The minimum atomic E-state index is -0.758. The number of carboxylic acid groups (broad SMARTS) is 1. The van der Waals surface area contributed by atoms with Gasteiger partial charge in [0.05, 0.1) is 12.2 Å². The molecule has 0 radical (unpaired) electrons. The molecule has 8 heteroatoms. The maximum atomic E-state index is 11.0. The standard InChI is InChI=1S/C19H24ClN3O3.ClH/c1-2-23(12-18(24)25)17-7-9-22(10-8-17)11-16-13-26-19(21-16)14-3-5-15(20)6-4-14;/h3-6,13,17H,2,7-12H2,1H3,(H,24,25);1H. The van der Waals surface area contributed by atoms with Gasteiger partial charge in [-0.05, 0) is 43.7 Å². The van der Waals surface area contributed by atoms with E-state index in [1.807, 2.05) is 31.2 Å². The van der Waals surface area contributed by atoms with Gasteiger partial charge >= 0.3 is 5.97 Å². The van der Waals surface area contributed by atoms with Crippen LogP contribution in [-0.4, -0.2) is 58.1 Å². The first-order chi connectivity index (χ1) is 12.5. The third kappa shape index (κ3) is 5.94. The third-order valence-electron chi connectivity index (χ3n) is 4.85. The molecule has 0 aliphatic carbocycles. The summed E-state index contributed by atoms with van der Waals surface area (Å²) in [7, 11) is 0. The number of carboxylic acids is 1. The number of piperidine rings is 1. The number of likely N-dealkylation sites (N-methyl/N-ethyl adjacent to an activating group) is 1. The molecule has 0 unspecified atom stereocenters. The van der Waals surface area contributed by atoms with Crippen molar-refractivity contribution in [1.29, 1.82) is 0 Å². The molecule has 1 aromatic heterocycles. The van der Waals surface area contributed by atoms with Gasteiger partial charge in [0.15, 0.2) is 0 Å². The molecular formula is C19H25Cl2N3O3. The molecule has 6 nitrogen and oxygen atoms in total. The fourth-order valence-electron chi connectivity index (χ4n) is 3.45. The van der Waals surface area contributed by atoms with Crippen molar-refractivity contribution in [1.82, 2.24) is 14.8 Å². The molecule has 2 heterocycles. The van der Waals surface area contributed by atoms with Crippen LogP contribution in [0.25, 0.3) is 11.5 Å². The molecule has 1 aromatic carbocycles. The van der Waals surface area contributed by atoms with Gasteiger partial charge in [-0.3, -0.25) is 14.6 Å². The summed E-state index contributed by atoms with van der Waals surface area (Å²) in [5.74, 6) is -0.156. The highest BCUT2D eigenvalue weighted by Gasteiger charge is 2.25. The fraction of sp³-hybridized carbons (Fsp3) is 0.474. The van der Waals surface area contributed by atoms with Crippen molar-refractivity contribution in [3.63, 3.8) is 0 Å². The van der Waals surface area contributed by atoms with Crippen LogP contribution in [0.2, 0.25) is 5.02 Å². The molecule has 1 N–H and O–H groups in total. The predicted octanol–water partition coefficient (Wildman–Crippen LogP) is 3.79. The molecule has 0 bridgehead atoms. The van der Waals surface area contributed by atoms with E-state index < -0.39 is 5.97 Å². The summed E-state index contributed by atoms with van der Waals surface area (Å²) in [6.07, 6.45) is 3.66. The number of aliphatic carboxylic acids is 1. The minimum Gasteiger partial charge on any atom is -0.480 e. The number of halogens is 2. The van der Waals surface area contributed by atoms with Crippen LogP contribution in [0.3, 0.4) is 0 Å². The zero-order chi connectivity index (χ0) is 18.5. The van der Waals surface area contributed by atoms with Crippen LogP contribution in [0.5, 0.6) is 0 Å². The lowest BCUT2D eigenvalue weighted by atomic mass is 10.0. The van der Waals surface area contributed by atoms with Crippen LogP contribution >= 0.6 is 24.0 Å². The Bertz CT molecular complexity index is 728. The highest BCUT2D eigenvalue weighted by molar-refractivity contribution is 6.30. The summed E-state index contributed by atoms with van der Waals surface area (Å²) >= 11 is 5.91. The monoisotopic (exact) mass is 413 g/mol. The van der Waals surface area contributed by atoms with E-state index in [-0.39, 0.29) is 19.0 Å². The Morgan fingerprint density at radius 2 is 2.00 bits per heavy atom. The van der Waals surface area contributed by atoms with Crippen molar-refractivity contribution in [2.75, 3.05) is 26.2 Å². The molecule has 1 aliphatic heterocycles. The average molecular weight is 414 g/mol. The maximum absolute atomic E-state index is 11.0. The van der Waals surface area contributed by atoms with Gasteiger partial charge in [-0.2, -0.15) is 0 Å². The quantitative estimate of drug-likeness (QED) is 0.744. The average Bonchev–Trinajstić information content (AvgIpc) is 3.09. The van der Waals surface area contributed by atoms with E-state index in [9.17, 15) is 4.79 Å². The van der Waals surface area contributed by atoms with Crippen LogP contribution in [0.15, 0.2) is 34.9 Å². The van der Waals surface area contributed by atoms with E-state index >= 15 is 0 Å². The lowest BCUT2D eigenvalue weighted by molar-refractivity contribution is -0.139. The molecule has 0 atom stereocenters. The van der Waals surface area contributed by atoms with E-state index in [4.69, 9.17) is 21.1 Å². The molecule has 0 amide bonds. The molecule has 2 aromatic rings. The van der Waals surface area contributed by atoms with Crippen LogP contribution < -0.4 is 0 Å². The van der Waals surface area contributed by atoms with Crippen molar-refractivity contribution >= 4 is 30.0 Å². The summed E-state index contributed by atoms with van der Waals surface area (Å²) in [5, 5.41) is 9.71. The Morgan fingerprint density at radius 3 is 2.59 bits per heavy atom. The van der Waals surface area contributed by atoms with Crippen LogP contribution in [-0.2, 0) is 11.3 Å². The molecule has 27 heavy (non-hydrogen) atoms. The Kier molecular flexibility index (Phi) is 8.10. The summed E-state index contributed by atoms with van der Waals surface area (Å²) < 4.78 is 5.60. The summed E-state index contributed by atoms with van der Waals surface area (Å²) in [5.41, 5.74) is 1.82. The van der Waals surface area contributed by atoms with Gasteiger partial charge < -0.3 is 9.52 Å². The summed E-state index contributed by atoms with van der Waals surface area (Å²) in [6.45, 7) is 5.52. The largest absolute Gasteiger partial charge is 0.480 e. The number of benzene rings is 1. The van der Waals surface area contributed by atoms with Crippen LogP contribution in [0.1, 0.15) is 25.5 Å². The van der Waals surface area contributed by atoms with Crippen LogP contribution in [0, 0.1) is 0 Å². The summed E-state index contributed by atoms with van der Waals surface area (Å²) in [4.78, 5) is 19.9. The molecule has 148 valence electrons.